The molecule has 1 aliphatic heterocycles. The Balaban J connectivity index is 1.45. The largest absolute Gasteiger partial charge is 0.390 e. The molecule has 2 aliphatic rings. The lowest BCUT2D eigenvalue weighted by molar-refractivity contribution is -0.00257. The van der Waals surface area contributed by atoms with Gasteiger partial charge in [0.2, 0.25) is 0 Å². The number of fused-ring (bicyclic) bond motifs is 1. The predicted molar refractivity (Wildman–Crippen MR) is 115 cm³/mol. The molecule has 0 radical (unpaired) electrons. The van der Waals surface area contributed by atoms with Crippen LogP contribution in [-0.2, 0) is 0 Å². The van der Waals surface area contributed by atoms with Crippen LogP contribution in [0, 0.1) is 5.92 Å². The molecule has 1 amide bonds. The number of carbonyl (C=O) groups is 1. The molecule has 1 aliphatic carbocycles. The molecule has 2 aromatic heterocycles. The molecule has 0 bridgehead atoms. The van der Waals surface area contributed by atoms with Crippen molar-refractivity contribution in [1.82, 2.24) is 15.3 Å². The number of nitrogens with zero attached hydrogens (tertiary/aromatic N) is 3. The Morgan fingerprint density at radius 1 is 1.24 bits per heavy atom. The van der Waals surface area contributed by atoms with E-state index >= 15 is 0 Å². The molecule has 0 unspecified atom stereocenters. The maximum Gasteiger partial charge on any atom is 0.253 e. The summed E-state index contributed by atoms with van der Waals surface area (Å²) in [6.45, 7) is 6.84. The van der Waals surface area contributed by atoms with Gasteiger partial charge >= 0.3 is 0 Å². The van der Waals surface area contributed by atoms with Gasteiger partial charge in [0.15, 0.2) is 5.65 Å². The number of amides is 1. The minimum Gasteiger partial charge on any atom is -0.390 e. The smallest absolute Gasteiger partial charge is 0.253 e. The van der Waals surface area contributed by atoms with Gasteiger partial charge in [-0.2, -0.15) is 0 Å². The van der Waals surface area contributed by atoms with E-state index in [0.717, 1.165) is 49.9 Å². The summed E-state index contributed by atoms with van der Waals surface area (Å²) in [6.07, 6.45) is 6.33. The summed E-state index contributed by atoms with van der Waals surface area (Å²) >= 11 is 6.46. The molecule has 1 atom stereocenters. The second-order valence-corrected chi connectivity index (χ2v) is 9.48. The number of hydrogen-bond acceptors (Lipinski definition) is 5. The van der Waals surface area contributed by atoms with E-state index in [4.69, 9.17) is 11.6 Å². The van der Waals surface area contributed by atoms with Gasteiger partial charge in [-0.25, -0.2) is 9.97 Å². The van der Waals surface area contributed by atoms with Crippen molar-refractivity contribution < 1.29 is 9.90 Å². The van der Waals surface area contributed by atoms with Crippen LogP contribution in [0.4, 0.5) is 5.82 Å². The van der Waals surface area contributed by atoms with Crippen LogP contribution in [0.1, 0.15) is 63.2 Å². The zero-order valence-electron chi connectivity index (χ0n) is 17.3. The standard InChI is InChI=1S/C22H29ClN4O2/c1-13-8-9-27(13)20-18(23)11-14-10-15(12-24-19(14)26-20)21(28)25-17-6-4-16(5-7-17)22(2,3)29/h10-13,16-17,29H,4-9H2,1-3H3,(H,25,28)/t13-,16?,17?/m0/s1. The fourth-order valence-electron chi connectivity index (χ4n) is 4.40. The van der Waals surface area contributed by atoms with Gasteiger partial charge in [-0.1, -0.05) is 11.6 Å². The molecule has 6 nitrogen and oxygen atoms in total. The van der Waals surface area contributed by atoms with Crippen molar-refractivity contribution in [3.63, 3.8) is 0 Å². The number of aromatic nitrogens is 2. The zero-order chi connectivity index (χ0) is 20.8. The average molecular weight is 417 g/mol. The highest BCUT2D eigenvalue weighted by atomic mass is 35.5. The zero-order valence-corrected chi connectivity index (χ0v) is 18.0. The minimum absolute atomic E-state index is 0.123. The molecule has 1 saturated heterocycles. The van der Waals surface area contributed by atoms with Crippen LogP contribution in [-0.4, -0.2) is 45.2 Å². The Morgan fingerprint density at radius 2 is 1.97 bits per heavy atom. The van der Waals surface area contributed by atoms with Gasteiger partial charge in [-0.05, 0) is 70.9 Å². The van der Waals surface area contributed by atoms with Gasteiger partial charge in [-0.15, -0.1) is 0 Å². The van der Waals surface area contributed by atoms with Crippen LogP contribution in [0.5, 0.6) is 0 Å². The predicted octanol–water partition coefficient (Wildman–Crippen LogP) is 3.94. The number of nitrogens with one attached hydrogen (secondary N) is 1. The Kier molecular flexibility index (Phi) is 5.42. The summed E-state index contributed by atoms with van der Waals surface area (Å²) in [7, 11) is 0. The van der Waals surface area contributed by atoms with Gasteiger partial charge in [0, 0.05) is 30.2 Å². The first-order valence-corrected chi connectivity index (χ1v) is 10.9. The molecule has 1 saturated carbocycles. The lowest BCUT2D eigenvalue weighted by atomic mass is 9.77. The van der Waals surface area contributed by atoms with Crippen LogP contribution in [0.15, 0.2) is 18.3 Å². The van der Waals surface area contributed by atoms with E-state index in [2.05, 4.69) is 27.1 Å². The van der Waals surface area contributed by atoms with Crippen molar-refractivity contribution >= 4 is 34.4 Å². The van der Waals surface area contributed by atoms with E-state index in [-0.39, 0.29) is 17.9 Å². The van der Waals surface area contributed by atoms with Crippen LogP contribution in [0.2, 0.25) is 5.02 Å². The van der Waals surface area contributed by atoms with Gasteiger partial charge in [0.1, 0.15) is 5.82 Å². The van der Waals surface area contributed by atoms with E-state index in [0.29, 0.717) is 22.3 Å². The van der Waals surface area contributed by atoms with Crippen LogP contribution in [0.3, 0.4) is 0 Å². The summed E-state index contributed by atoms with van der Waals surface area (Å²) in [4.78, 5) is 23.9. The monoisotopic (exact) mass is 416 g/mol. The van der Waals surface area contributed by atoms with Crippen molar-refractivity contribution in [2.75, 3.05) is 11.4 Å². The second-order valence-electron chi connectivity index (χ2n) is 9.07. The van der Waals surface area contributed by atoms with Crippen molar-refractivity contribution in [3.8, 4) is 0 Å². The number of aliphatic hydroxyl groups is 1. The van der Waals surface area contributed by atoms with E-state index in [1.54, 1.807) is 6.20 Å². The Bertz CT molecular complexity index is 919. The maximum atomic E-state index is 12.7. The Labute approximate surface area is 176 Å². The summed E-state index contributed by atoms with van der Waals surface area (Å²) in [5.74, 6) is 0.934. The molecule has 2 aromatic rings. The third-order valence-corrected chi connectivity index (χ3v) is 6.80. The fraction of sp³-hybridized carbons (Fsp3) is 0.591. The molecule has 4 rings (SSSR count). The van der Waals surface area contributed by atoms with E-state index in [1.807, 2.05) is 26.0 Å². The maximum absolute atomic E-state index is 12.7. The molecule has 156 valence electrons. The molecule has 0 aromatic carbocycles. The van der Waals surface area contributed by atoms with Crippen molar-refractivity contribution in [2.24, 2.45) is 5.92 Å². The number of pyridine rings is 2. The molecule has 3 heterocycles. The van der Waals surface area contributed by atoms with Crippen molar-refractivity contribution in [2.45, 2.75) is 70.6 Å². The third kappa shape index (κ3) is 4.19. The summed E-state index contributed by atoms with van der Waals surface area (Å²) in [5.41, 5.74) is 0.465. The normalized spacial score (nSPS) is 25.0. The Hall–Kier alpha value is -1.92. The first kappa shape index (κ1) is 20.4. The van der Waals surface area contributed by atoms with Gasteiger partial charge < -0.3 is 15.3 Å². The van der Waals surface area contributed by atoms with E-state index in [1.165, 1.54) is 0 Å². The number of rotatable bonds is 4. The molecule has 2 N–H and O–H groups in total. The van der Waals surface area contributed by atoms with Gasteiger partial charge in [-0.3, -0.25) is 4.79 Å². The van der Waals surface area contributed by atoms with Crippen molar-refractivity contribution in [3.05, 3.63) is 28.9 Å². The lowest BCUT2D eigenvalue weighted by Gasteiger charge is -2.40. The fourth-order valence-corrected chi connectivity index (χ4v) is 4.67. The van der Waals surface area contributed by atoms with Gasteiger partial charge in [0.05, 0.1) is 16.2 Å². The van der Waals surface area contributed by atoms with Crippen LogP contribution >= 0.6 is 11.6 Å². The van der Waals surface area contributed by atoms with E-state index in [9.17, 15) is 9.90 Å². The van der Waals surface area contributed by atoms with Gasteiger partial charge in [0.25, 0.3) is 5.91 Å². The Morgan fingerprint density at radius 3 is 2.55 bits per heavy atom. The van der Waals surface area contributed by atoms with Crippen LogP contribution in [0.25, 0.3) is 11.0 Å². The van der Waals surface area contributed by atoms with Crippen LogP contribution < -0.4 is 10.2 Å². The molecule has 2 fully saturated rings. The highest BCUT2D eigenvalue weighted by molar-refractivity contribution is 6.33. The first-order valence-electron chi connectivity index (χ1n) is 10.5. The number of halogens is 1. The quantitative estimate of drug-likeness (QED) is 0.789. The second kappa shape index (κ2) is 7.73. The topological polar surface area (TPSA) is 78.4 Å². The molecular weight excluding hydrogens is 388 g/mol. The highest BCUT2D eigenvalue weighted by Gasteiger charge is 2.32. The van der Waals surface area contributed by atoms with E-state index < -0.39 is 5.60 Å². The molecule has 7 heteroatoms. The summed E-state index contributed by atoms with van der Waals surface area (Å²) in [5, 5.41) is 14.7. The molecule has 29 heavy (non-hydrogen) atoms. The SMILES string of the molecule is C[C@H]1CCN1c1nc2ncc(C(=O)NC3CCC(C(C)(C)O)CC3)cc2cc1Cl. The van der Waals surface area contributed by atoms with Crippen molar-refractivity contribution in [1.29, 1.82) is 0 Å². The summed E-state index contributed by atoms with van der Waals surface area (Å²) in [6, 6.07) is 4.23. The molecular formula is C22H29ClN4O2. The molecule has 0 spiro atoms. The third-order valence-electron chi connectivity index (χ3n) is 6.52. The number of hydrogen-bond donors (Lipinski definition) is 2. The number of anilines is 1. The lowest BCUT2D eigenvalue weighted by Crippen LogP contribution is -2.46. The average Bonchev–Trinajstić information content (AvgIpc) is 2.66. The number of carbonyl (C=O) groups excluding carboxylic acids is 1. The first-order chi connectivity index (χ1) is 13.7. The minimum atomic E-state index is -0.657. The summed E-state index contributed by atoms with van der Waals surface area (Å²) < 4.78 is 0. The highest BCUT2D eigenvalue weighted by Crippen LogP contribution is 2.34.